The second-order valence-corrected chi connectivity index (χ2v) is 5.95. The van der Waals surface area contributed by atoms with Crippen molar-refractivity contribution in [3.8, 4) is 11.3 Å². The number of aromatic nitrogens is 1. The maximum atomic E-state index is 10.9. The van der Waals surface area contributed by atoms with Gasteiger partial charge in [0.2, 0.25) is 0 Å². The first-order chi connectivity index (χ1) is 9.38. The van der Waals surface area contributed by atoms with E-state index in [1.165, 1.54) is 12.3 Å². The smallest absolute Gasteiger partial charge is 0.151 e. The van der Waals surface area contributed by atoms with Crippen molar-refractivity contribution in [2.45, 2.75) is 0 Å². The molecule has 0 amide bonds. The Labute approximate surface area is 144 Å². The number of pyridine rings is 1. The lowest BCUT2D eigenvalue weighted by Crippen LogP contribution is -1.92. The van der Waals surface area contributed by atoms with E-state index in [0.717, 1.165) is 0 Å². The van der Waals surface area contributed by atoms with Crippen LogP contribution in [-0.4, -0.2) is 11.3 Å². The highest BCUT2D eigenvalue weighted by Gasteiger charge is 2.21. The summed E-state index contributed by atoms with van der Waals surface area (Å²) in [5.41, 5.74) is 0.838. The molecule has 0 aliphatic rings. The van der Waals surface area contributed by atoms with Crippen LogP contribution in [0, 0.1) is 0 Å². The van der Waals surface area contributed by atoms with Gasteiger partial charge in [0.25, 0.3) is 0 Å². The molecule has 1 heterocycles. The molecule has 0 saturated carbocycles. The minimum Gasteiger partial charge on any atom is -0.298 e. The molecule has 0 N–H and O–H groups in total. The van der Waals surface area contributed by atoms with Crippen LogP contribution in [0.2, 0.25) is 30.1 Å². The van der Waals surface area contributed by atoms with Crippen molar-refractivity contribution >= 4 is 75.9 Å². The fourth-order valence-electron chi connectivity index (χ4n) is 1.51. The van der Waals surface area contributed by atoms with Crippen molar-refractivity contribution in [2.24, 2.45) is 0 Å². The minimum atomic E-state index is 0.0525. The topological polar surface area (TPSA) is 30.0 Å². The molecular formula is C12H3Cl6NO. The Balaban J connectivity index is 2.79. The summed E-state index contributed by atoms with van der Waals surface area (Å²) >= 11 is 35.9. The number of hydrogen-bond acceptors (Lipinski definition) is 2. The average Bonchev–Trinajstić information content (AvgIpc) is 2.45. The third-order valence-electron chi connectivity index (χ3n) is 2.48. The number of rotatable bonds is 2. The van der Waals surface area contributed by atoms with Gasteiger partial charge in [-0.15, -0.1) is 0 Å². The molecule has 104 valence electrons. The largest absolute Gasteiger partial charge is 0.298 e. The zero-order valence-electron chi connectivity index (χ0n) is 9.36. The molecule has 0 atom stereocenters. The Hall–Kier alpha value is -0.220. The lowest BCUT2D eigenvalue weighted by Gasteiger charge is -2.12. The molecule has 0 saturated heterocycles. The molecule has 1 aromatic heterocycles. The van der Waals surface area contributed by atoms with E-state index in [1.807, 2.05) is 0 Å². The van der Waals surface area contributed by atoms with Gasteiger partial charge in [-0.05, 0) is 6.07 Å². The molecule has 2 rings (SSSR count). The van der Waals surface area contributed by atoms with Crippen LogP contribution in [0.1, 0.15) is 10.4 Å². The molecule has 2 nitrogen and oxygen atoms in total. The highest BCUT2D eigenvalue weighted by molar-refractivity contribution is 6.56. The van der Waals surface area contributed by atoms with Crippen LogP contribution in [0.5, 0.6) is 0 Å². The lowest BCUT2D eigenvalue weighted by atomic mass is 10.1. The molecule has 0 fully saturated rings. The van der Waals surface area contributed by atoms with E-state index < -0.39 is 0 Å². The number of carbonyl (C=O) groups excluding carboxylic acids is 1. The molecule has 0 radical (unpaired) electrons. The van der Waals surface area contributed by atoms with E-state index in [9.17, 15) is 4.79 Å². The summed E-state index contributed by atoms with van der Waals surface area (Å²) in [6.07, 6.45) is 1.90. The molecule has 0 aliphatic heterocycles. The van der Waals surface area contributed by atoms with Crippen molar-refractivity contribution < 1.29 is 4.79 Å². The van der Waals surface area contributed by atoms with Crippen LogP contribution < -0.4 is 0 Å². The van der Waals surface area contributed by atoms with Gasteiger partial charge < -0.3 is 0 Å². The van der Waals surface area contributed by atoms with Crippen LogP contribution in [-0.2, 0) is 0 Å². The third kappa shape index (κ3) is 2.74. The van der Waals surface area contributed by atoms with Crippen LogP contribution in [0.3, 0.4) is 0 Å². The number of halogens is 6. The summed E-state index contributed by atoms with van der Waals surface area (Å²) in [5, 5.41) is 0.568. The highest BCUT2D eigenvalue weighted by atomic mass is 35.5. The first-order valence-corrected chi connectivity index (χ1v) is 7.27. The van der Waals surface area contributed by atoms with Crippen molar-refractivity contribution in [1.82, 2.24) is 4.98 Å². The number of aldehydes is 1. The van der Waals surface area contributed by atoms with Gasteiger partial charge in [0.05, 0.1) is 35.8 Å². The maximum Gasteiger partial charge on any atom is 0.151 e. The summed E-state index contributed by atoms with van der Waals surface area (Å²) in [5.74, 6) is 0. The predicted molar refractivity (Wildman–Crippen MR) is 85.1 cm³/mol. The Morgan fingerprint density at radius 3 is 1.85 bits per heavy atom. The number of benzene rings is 1. The summed E-state index contributed by atoms with van der Waals surface area (Å²) in [4.78, 5) is 15.0. The van der Waals surface area contributed by atoms with E-state index in [1.54, 1.807) is 0 Å². The summed E-state index contributed by atoms with van der Waals surface area (Å²) < 4.78 is 0. The van der Waals surface area contributed by atoms with Gasteiger partial charge in [-0.25, -0.2) is 0 Å². The third-order valence-corrected chi connectivity index (χ3v) is 5.07. The number of nitrogens with zero attached hydrogens (tertiary/aromatic N) is 1. The molecule has 8 heteroatoms. The molecule has 0 spiro atoms. The van der Waals surface area contributed by atoms with Crippen molar-refractivity contribution in [3.05, 3.63) is 48.0 Å². The zero-order valence-corrected chi connectivity index (χ0v) is 13.9. The lowest BCUT2D eigenvalue weighted by molar-refractivity contribution is 0.112. The van der Waals surface area contributed by atoms with Gasteiger partial charge in [0, 0.05) is 17.3 Å². The molecule has 1 aromatic carbocycles. The predicted octanol–water partition coefficient (Wildman–Crippen LogP) is 6.48. The second-order valence-electron chi connectivity index (χ2n) is 3.65. The SMILES string of the molecule is O=Cc1cc(-c2c(Cl)c(Cl)c(Cl)c(Cl)c2Cl)ncc1Cl. The normalized spacial score (nSPS) is 10.7. The quantitative estimate of drug-likeness (QED) is 0.334. The minimum absolute atomic E-state index is 0.0525. The van der Waals surface area contributed by atoms with E-state index in [0.29, 0.717) is 12.0 Å². The molecule has 0 aliphatic carbocycles. The molecule has 0 bridgehead atoms. The maximum absolute atomic E-state index is 10.9. The molecular weight excluding hydrogens is 387 g/mol. The van der Waals surface area contributed by atoms with Crippen LogP contribution in [0.15, 0.2) is 12.3 Å². The van der Waals surface area contributed by atoms with Crippen molar-refractivity contribution in [3.63, 3.8) is 0 Å². The average molecular weight is 390 g/mol. The second kappa shape index (κ2) is 6.27. The summed E-state index contributed by atoms with van der Waals surface area (Å²) in [7, 11) is 0. The van der Waals surface area contributed by atoms with Gasteiger partial charge in [-0.2, -0.15) is 0 Å². The summed E-state index contributed by atoms with van der Waals surface area (Å²) in [6, 6.07) is 1.43. The first-order valence-electron chi connectivity index (χ1n) is 5.01. The Morgan fingerprint density at radius 2 is 1.35 bits per heavy atom. The molecule has 20 heavy (non-hydrogen) atoms. The number of carbonyl (C=O) groups is 1. The van der Waals surface area contributed by atoms with Gasteiger partial charge in [-0.1, -0.05) is 69.6 Å². The Kier molecular flexibility index (Phi) is 5.06. The van der Waals surface area contributed by atoms with Gasteiger partial charge in [0.1, 0.15) is 0 Å². The van der Waals surface area contributed by atoms with E-state index in [2.05, 4.69) is 4.98 Å². The number of hydrogen-bond donors (Lipinski definition) is 0. The highest BCUT2D eigenvalue weighted by Crippen LogP contribution is 2.47. The fraction of sp³-hybridized carbons (Fsp3) is 0. The molecule has 2 aromatic rings. The Bertz CT molecular complexity index is 687. The summed E-state index contributed by atoms with van der Waals surface area (Å²) in [6.45, 7) is 0. The van der Waals surface area contributed by atoms with Crippen LogP contribution >= 0.6 is 69.6 Å². The van der Waals surface area contributed by atoms with Crippen LogP contribution in [0.25, 0.3) is 11.3 Å². The van der Waals surface area contributed by atoms with Gasteiger partial charge >= 0.3 is 0 Å². The van der Waals surface area contributed by atoms with Gasteiger partial charge in [0.15, 0.2) is 6.29 Å². The zero-order chi connectivity index (χ0) is 15.0. The fourth-order valence-corrected chi connectivity index (χ4v) is 2.99. The monoisotopic (exact) mass is 387 g/mol. The standard InChI is InChI=1S/C12H3Cl6NO/c13-5-2-19-6(1-4(5)3-20)7-8(14)10(16)12(18)11(17)9(7)15/h1-3H. The van der Waals surface area contributed by atoms with Gasteiger partial charge in [-0.3, -0.25) is 9.78 Å². The van der Waals surface area contributed by atoms with E-state index in [4.69, 9.17) is 69.6 Å². The van der Waals surface area contributed by atoms with Crippen molar-refractivity contribution in [2.75, 3.05) is 0 Å². The van der Waals surface area contributed by atoms with E-state index >= 15 is 0 Å². The Morgan fingerprint density at radius 1 is 0.850 bits per heavy atom. The van der Waals surface area contributed by atoms with Crippen LogP contribution in [0.4, 0.5) is 0 Å². The van der Waals surface area contributed by atoms with E-state index in [-0.39, 0.29) is 41.3 Å². The van der Waals surface area contributed by atoms with Crippen molar-refractivity contribution in [1.29, 1.82) is 0 Å². The molecule has 0 unspecified atom stereocenters. The first kappa shape index (κ1) is 16.2.